The van der Waals surface area contributed by atoms with Gasteiger partial charge < -0.3 is 38.3 Å². The van der Waals surface area contributed by atoms with E-state index in [0.717, 1.165) is 20.8 Å². The normalized spacial score (nSPS) is 40.5. The summed E-state index contributed by atoms with van der Waals surface area (Å²) in [7, 11) is 0. The van der Waals surface area contributed by atoms with Crippen molar-refractivity contribution in [1.29, 1.82) is 0 Å². The molecule has 48 heavy (non-hydrogen) atoms. The molecule has 0 unspecified atom stereocenters. The van der Waals surface area contributed by atoms with E-state index in [1.54, 1.807) is 20.8 Å². The molecule has 0 aromatic heterocycles. The molecular weight excluding hydrogens is 656 g/mol. The predicted molar refractivity (Wildman–Crippen MR) is 164 cm³/mol. The fourth-order valence-electron chi connectivity index (χ4n) is 7.87. The molecule has 14 nitrogen and oxygen atoms in total. The minimum Gasteiger partial charge on any atom is -0.462 e. The van der Waals surface area contributed by atoms with Crippen LogP contribution in [0.5, 0.6) is 0 Å². The summed E-state index contributed by atoms with van der Waals surface area (Å²) in [4.78, 5) is 77.9. The summed E-state index contributed by atoms with van der Waals surface area (Å²) in [6.07, 6.45) is -9.07. The minimum atomic E-state index is -2.39. The van der Waals surface area contributed by atoms with Crippen LogP contribution in [-0.2, 0) is 61.9 Å². The predicted octanol–water partition coefficient (Wildman–Crippen LogP) is 2.33. The molecule has 0 amide bonds. The highest BCUT2D eigenvalue weighted by atomic mass is 35.5. The van der Waals surface area contributed by atoms with Gasteiger partial charge in [0.2, 0.25) is 0 Å². The maximum atomic E-state index is 13.3. The molecule has 0 radical (unpaired) electrons. The van der Waals surface area contributed by atoms with E-state index >= 15 is 0 Å². The molecule has 2 saturated carbocycles. The molecule has 4 fully saturated rings. The number of epoxide rings is 1. The van der Waals surface area contributed by atoms with Gasteiger partial charge in [0.25, 0.3) is 0 Å². The van der Waals surface area contributed by atoms with Crippen LogP contribution >= 0.6 is 11.6 Å². The molecule has 2 aliphatic carbocycles. The van der Waals surface area contributed by atoms with Crippen LogP contribution in [0.25, 0.3) is 0 Å². The molecule has 4 rings (SSSR count). The third kappa shape index (κ3) is 6.55. The zero-order chi connectivity index (χ0) is 36.1. The largest absolute Gasteiger partial charge is 0.462 e. The zero-order valence-electron chi connectivity index (χ0n) is 28.4. The maximum Gasteiger partial charge on any atom is 0.312 e. The number of aliphatic hydroxyl groups is 1. The fraction of sp³-hybridized carbons (Fsp3) is 0.758. The molecule has 0 aromatic rings. The van der Waals surface area contributed by atoms with Crippen molar-refractivity contribution in [3.63, 3.8) is 0 Å². The number of fused-ring (bicyclic) bond motifs is 3. The first-order valence-electron chi connectivity index (χ1n) is 16.0. The molecule has 1 spiro atoms. The maximum absolute atomic E-state index is 13.3. The van der Waals surface area contributed by atoms with Gasteiger partial charge in [-0.05, 0) is 25.7 Å². The van der Waals surface area contributed by atoms with E-state index in [4.69, 9.17) is 44.8 Å². The molecule has 2 saturated heterocycles. The monoisotopic (exact) mass is 700 g/mol. The highest BCUT2D eigenvalue weighted by molar-refractivity contribution is 6.23. The first-order chi connectivity index (χ1) is 22.2. The van der Waals surface area contributed by atoms with Crippen LogP contribution in [0.1, 0.15) is 74.7 Å². The lowest BCUT2D eigenvalue weighted by atomic mass is 9.51. The number of esters is 6. The van der Waals surface area contributed by atoms with E-state index in [1.165, 1.54) is 13.8 Å². The van der Waals surface area contributed by atoms with Gasteiger partial charge in [-0.15, -0.1) is 11.6 Å². The van der Waals surface area contributed by atoms with Crippen LogP contribution in [0.3, 0.4) is 0 Å². The lowest BCUT2D eigenvalue weighted by molar-refractivity contribution is -0.285. The molecule has 15 heteroatoms. The number of alkyl halides is 1. The second kappa shape index (κ2) is 13.6. The number of rotatable bonds is 7. The first kappa shape index (κ1) is 37.6. The SMILES string of the molecule is C=C1CC[C@@H](OC(C)=O)[C@]2(C)[C@H](OC(C)=O)[C@H](OC(=O)CC(C)C)[C@H](OC(C)=O)[C@@]3(CO3)[C@H]2[C@@H](OC(C)=O)[C@@]2(O)[C@H](C)C(=O)O[C@H]2[C@H]1Cl. The quantitative estimate of drug-likeness (QED) is 0.134. The Labute approximate surface area is 284 Å². The number of hydrogen-bond donors (Lipinski definition) is 1. The van der Waals surface area contributed by atoms with Crippen LogP contribution in [0, 0.1) is 23.2 Å². The topological polar surface area (TPSA) is 191 Å². The summed E-state index contributed by atoms with van der Waals surface area (Å²) >= 11 is 6.85. The van der Waals surface area contributed by atoms with Crippen LogP contribution in [-0.4, -0.2) is 101 Å². The van der Waals surface area contributed by atoms with Gasteiger partial charge in [0.1, 0.15) is 17.8 Å². The first-order valence-corrected chi connectivity index (χ1v) is 16.4. The Hall–Kier alpha value is -3.23. The van der Waals surface area contributed by atoms with E-state index in [1.807, 2.05) is 0 Å². The summed E-state index contributed by atoms with van der Waals surface area (Å²) in [5.41, 5.74) is -5.54. The Morgan fingerprint density at radius 1 is 0.938 bits per heavy atom. The van der Waals surface area contributed by atoms with E-state index in [0.29, 0.717) is 5.57 Å². The van der Waals surface area contributed by atoms with Crippen molar-refractivity contribution < 1.29 is 67.0 Å². The standard InChI is InChI=1S/C33H45ClO14/c1-14(2)12-22(39)47-24-27(44-18(6)36)31(9)21(43-17(5)35)11-10-15(3)23(34)26-33(41,16(4)30(40)48-26)29(46-20(8)38)25(31)32(13-42-32)28(24)45-19(7)37/h14,16,21,23-29,41H,3,10-13H2,1-2,4-9H3/t16-,21-,23+,24+,25+,26+,27-,28+,29-,31+,32-,33-/m1/s1. The van der Waals surface area contributed by atoms with E-state index in [9.17, 15) is 33.9 Å². The average Bonchev–Trinajstić information content (AvgIpc) is 3.71. The summed E-state index contributed by atoms with van der Waals surface area (Å²) in [6, 6.07) is 0. The lowest BCUT2D eigenvalue weighted by Gasteiger charge is -2.60. The fourth-order valence-corrected chi connectivity index (χ4v) is 8.23. The van der Waals surface area contributed by atoms with Gasteiger partial charge in [-0.1, -0.05) is 32.9 Å². The number of carbonyl (C=O) groups is 6. The Balaban J connectivity index is 2.12. The van der Waals surface area contributed by atoms with Gasteiger partial charge in [0.05, 0.1) is 23.3 Å². The molecule has 12 atom stereocenters. The van der Waals surface area contributed by atoms with Gasteiger partial charge in [-0.25, -0.2) is 0 Å². The number of halogens is 1. The van der Waals surface area contributed by atoms with Crippen molar-refractivity contribution in [1.82, 2.24) is 0 Å². The Kier molecular flexibility index (Phi) is 10.6. The van der Waals surface area contributed by atoms with Gasteiger partial charge in [0, 0.05) is 40.0 Å². The van der Waals surface area contributed by atoms with E-state index in [2.05, 4.69) is 6.58 Å². The van der Waals surface area contributed by atoms with Crippen molar-refractivity contribution in [3.8, 4) is 0 Å². The molecule has 0 bridgehead atoms. The third-order valence-corrected chi connectivity index (χ3v) is 10.5. The molecular formula is C33H45ClO14. The van der Waals surface area contributed by atoms with Crippen molar-refractivity contribution >= 4 is 47.4 Å². The number of carbonyl (C=O) groups excluding carboxylic acids is 6. The average molecular weight is 701 g/mol. The van der Waals surface area contributed by atoms with Gasteiger partial charge in [-0.3, -0.25) is 28.8 Å². The van der Waals surface area contributed by atoms with Crippen molar-refractivity contribution in [2.75, 3.05) is 6.61 Å². The summed E-state index contributed by atoms with van der Waals surface area (Å²) in [6.45, 7) is 14.9. The van der Waals surface area contributed by atoms with Crippen LogP contribution in [0.15, 0.2) is 12.2 Å². The molecule has 2 heterocycles. The van der Waals surface area contributed by atoms with Crippen molar-refractivity contribution in [2.24, 2.45) is 23.2 Å². The van der Waals surface area contributed by atoms with Gasteiger partial charge in [0.15, 0.2) is 30.0 Å². The van der Waals surface area contributed by atoms with E-state index in [-0.39, 0.29) is 31.8 Å². The third-order valence-electron chi connectivity index (χ3n) is 9.98. The van der Waals surface area contributed by atoms with Crippen LogP contribution in [0.4, 0.5) is 0 Å². The van der Waals surface area contributed by atoms with Crippen LogP contribution in [0.2, 0.25) is 0 Å². The molecule has 2 aliphatic heterocycles. The second-order valence-electron chi connectivity index (χ2n) is 13.9. The molecule has 4 aliphatic rings. The van der Waals surface area contributed by atoms with E-state index < -0.39 is 106 Å². The van der Waals surface area contributed by atoms with Crippen LogP contribution < -0.4 is 0 Å². The number of hydrogen-bond acceptors (Lipinski definition) is 14. The zero-order valence-corrected chi connectivity index (χ0v) is 29.2. The molecule has 1 N–H and O–H groups in total. The summed E-state index contributed by atoms with van der Waals surface area (Å²) < 4.78 is 41.5. The molecule has 268 valence electrons. The second-order valence-corrected chi connectivity index (χ2v) is 14.4. The smallest absolute Gasteiger partial charge is 0.312 e. The summed E-state index contributed by atoms with van der Waals surface area (Å²) in [5.74, 6) is -7.70. The minimum absolute atomic E-state index is 0.00515. The Morgan fingerprint density at radius 3 is 1.96 bits per heavy atom. The number of ether oxygens (including phenoxy) is 7. The highest BCUT2D eigenvalue weighted by Crippen LogP contribution is 2.64. The van der Waals surface area contributed by atoms with Gasteiger partial charge >= 0.3 is 35.8 Å². The lowest BCUT2D eigenvalue weighted by Crippen LogP contribution is -2.76. The van der Waals surface area contributed by atoms with Gasteiger partial charge in [-0.2, -0.15) is 0 Å². The highest BCUT2D eigenvalue weighted by Gasteiger charge is 2.81. The summed E-state index contributed by atoms with van der Waals surface area (Å²) in [5, 5.41) is 11.6. The Bertz CT molecular complexity index is 1360. The Morgan fingerprint density at radius 2 is 1.46 bits per heavy atom. The molecule has 0 aromatic carbocycles. The van der Waals surface area contributed by atoms with Crippen molar-refractivity contribution in [3.05, 3.63) is 12.2 Å². The van der Waals surface area contributed by atoms with Crippen molar-refractivity contribution in [2.45, 2.75) is 128 Å².